The maximum Gasteiger partial charge on any atom is 1.00 e. The first-order valence-corrected chi connectivity index (χ1v) is 9.65. The minimum Gasteiger partial charge on any atom is -0.397 e. The van der Waals surface area contributed by atoms with Crippen LogP contribution in [0.5, 0.6) is 0 Å². The van der Waals surface area contributed by atoms with Crippen LogP contribution in [0.15, 0.2) is 50.4 Å². The molecule has 26 heavy (non-hydrogen) atoms. The topological polar surface area (TPSA) is 159 Å². The SMILES string of the molecule is Cc1cc(S(=O)(=O)O)ccc1N=Nc1cc(C)c(N)c(S(=O)(=O)O)c1.[Na+]. The van der Waals surface area contributed by atoms with Crippen LogP contribution in [-0.4, -0.2) is 25.9 Å². The van der Waals surface area contributed by atoms with Crippen molar-refractivity contribution in [1.29, 1.82) is 0 Å². The van der Waals surface area contributed by atoms with E-state index < -0.39 is 25.1 Å². The number of nitrogens with zero attached hydrogens (tertiary/aromatic N) is 2. The molecule has 2 aromatic rings. The van der Waals surface area contributed by atoms with Crippen LogP contribution in [0.1, 0.15) is 11.1 Å². The van der Waals surface area contributed by atoms with Gasteiger partial charge in [-0.25, -0.2) is 0 Å². The van der Waals surface area contributed by atoms with E-state index in [0.717, 1.165) is 12.1 Å². The molecular weight excluding hydrogens is 393 g/mol. The Morgan fingerprint density at radius 1 is 0.885 bits per heavy atom. The summed E-state index contributed by atoms with van der Waals surface area (Å²) < 4.78 is 63.0. The average molecular weight is 408 g/mol. The Hall–Kier alpha value is -1.34. The molecule has 0 fully saturated rings. The van der Waals surface area contributed by atoms with E-state index in [-0.39, 0.29) is 45.8 Å². The van der Waals surface area contributed by atoms with Crippen molar-refractivity contribution >= 4 is 37.3 Å². The fraction of sp³-hybridized carbons (Fsp3) is 0.143. The predicted molar refractivity (Wildman–Crippen MR) is 90.6 cm³/mol. The van der Waals surface area contributed by atoms with Gasteiger partial charge in [0, 0.05) is 0 Å². The Morgan fingerprint density at radius 2 is 1.50 bits per heavy atom. The van der Waals surface area contributed by atoms with Crippen molar-refractivity contribution in [2.45, 2.75) is 23.6 Å². The monoisotopic (exact) mass is 408 g/mol. The quantitative estimate of drug-likeness (QED) is 0.273. The van der Waals surface area contributed by atoms with Gasteiger partial charge in [0.15, 0.2) is 0 Å². The van der Waals surface area contributed by atoms with E-state index in [1.807, 2.05) is 0 Å². The zero-order valence-corrected chi connectivity index (χ0v) is 17.8. The van der Waals surface area contributed by atoms with Crippen LogP contribution in [0.4, 0.5) is 17.1 Å². The average Bonchev–Trinajstić information content (AvgIpc) is 2.47. The molecule has 0 aliphatic rings. The first-order valence-electron chi connectivity index (χ1n) is 6.77. The maximum atomic E-state index is 11.3. The van der Waals surface area contributed by atoms with Gasteiger partial charge >= 0.3 is 29.6 Å². The van der Waals surface area contributed by atoms with Gasteiger partial charge in [-0.1, -0.05) is 0 Å². The van der Waals surface area contributed by atoms with E-state index in [2.05, 4.69) is 10.2 Å². The summed E-state index contributed by atoms with van der Waals surface area (Å²) in [6.45, 7) is 3.12. The number of aryl methyl sites for hydroxylation is 2. The summed E-state index contributed by atoms with van der Waals surface area (Å²) >= 11 is 0. The molecule has 134 valence electrons. The van der Waals surface area contributed by atoms with Crippen LogP contribution in [0.3, 0.4) is 0 Å². The molecule has 0 bridgehead atoms. The molecule has 0 atom stereocenters. The van der Waals surface area contributed by atoms with Crippen molar-refractivity contribution in [2.24, 2.45) is 10.2 Å². The molecule has 0 unspecified atom stereocenters. The van der Waals surface area contributed by atoms with Crippen molar-refractivity contribution < 1.29 is 55.5 Å². The summed E-state index contributed by atoms with van der Waals surface area (Å²) in [6, 6.07) is 6.28. The van der Waals surface area contributed by atoms with E-state index in [1.165, 1.54) is 18.2 Å². The number of benzene rings is 2. The van der Waals surface area contributed by atoms with E-state index in [1.54, 1.807) is 13.8 Å². The third-order valence-electron chi connectivity index (χ3n) is 3.35. The number of rotatable bonds is 4. The van der Waals surface area contributed by atoms with Crippen molar-refractivity contribution in [3.63, 3.8) is 0 Å². The van der Waals surface area contributed by atoms with Crippen LogP contribution in [-0.2, 0) is 20.2 Å². The van der Waals surface area contributed by atoms with Gasteiger partial charge in [-0.05, 0) is 55.3 Å². The Kier molecular flexibility index (Phi) is 7.10. The minimum atomic E-state index is -4.51. The second-order valence-electron chi connectivity index (χ2n) is 5.27. The van der Waals surface area contributed by atoms with E-state index >= 15 is 0 Å². The van der Waals surface area contributed by atoms with Crippen LogP contribution in [0.2, 0.25) is 0 Å². The largest absolute Gasteiger partial charge is 1.00 e. The fourth-order valence-corrected chi connectivity index (χ4v) is 3.31. The summed E-state index contributed by atoms with van der Waals surface area (Å²) in [7, 11) is -8.83. The van der Waals surface area contributed by atoms with Gasteiger partial charge in [0.25, 0.3) is 20.2 Å². The molecule has 0 heterocycles. The van der Waals surface area contributed by atoms with Crippen LogP contribution < -0.4 is 35.3 Å². The van der Waals surface area contributed by atoms with Gasteiger partial charge in [0.1, 0.15) is 4.90 Å². The van der Waals surface area contributed by atoms with E-state index in [4.69, 9.17) is 10.3 Å². The van der Waals surface area contributed by atoms with Gasteiger partial charge in [0.05, 0.1) is 22.0 Å². The number of nitrogen functional groups attached to an aromatic ring is 1. The zero-order chi connectivity index (χ0) is 19.0. The molecule has 2 rings (SSSR count). The molecular formula is C14H15N3NaO6S2+. The Labute approximate surface area is 173 Å². The molecule has 0 aliphatic heterocycles. The Bertz CT molecular complexity index is 1080. The Balaban J connectivity index is 0.00000338. The van der Waals surface area contributed by atoms with Gasteiger partial charge in [-0.15, -0.1) is 0 Å². The third-order valence-corrected chi connectivity index (χ3v) is 5.09. The number of nitrogens with two attached hydrogens (primary N) is 1. The van der Waals surface area contributed by atoms with Crippen LogP contribution in [0.25, 0.3) is 0 Å². The number of hydrogen-bond acceptors (Lipinski definition) is 7. The second kappa shape index (κ2) is 8.13. The molecule has 0 saturated carbocycles. The number of hydrogen-bond donors (Lipinski definition) is 3. The first-order chi connectivity index (χ1) is 11.4. The predicted octanol–water partition coefficient (Wildman–Crippen LogP) is -0.202. The summed E-state index contributed by atoms with van der Waals surface area (Å²) in [5.74, 6) is 0. The standard InChI is InChI=1S/C14H15N3O6S2.Na/c1-8-6-11(24(18,19)20)3-4-12(8)17-16-10-5-9(2)14(15)13(7-10)25(21,22)23;/h3-7H,15H2,1-2H3,(H,18,19,20)(H,21,22,23);/q;+1. The summed E-state index contributed by atoms with van der Waals surface area (Å²) in [4.78, 5) is -0.749. The molecule has 0 spiro atoms. The van der Waals surface area contributed by atoms with Crippen molar-refractivity contribution in [3.05, 3.63) is 41.5 Å². The minimum absolute atomic E-state index is 0. The van der Waals surface area contributed by atoms with Crippen molar-refractivity contribution in [1.82, 2.24) is 0 Å². The number of azo groups is 1. The summed E-state index contributed by atoms with van der Waals surface area (Å²) in [5, 5.41) is 7.81. The first kappa shape index (κ1) is 22.7. The van der Waals surface area contributed by atoms with Crippen molar-refractivity contribution in [3.8, 4) is 0 Å². The molecule has 12 heteroatoms. The normalized spacial score (nSPS) is 12.2. The molecule has 0 amide bonds. The van der Waals surface area contributed by atoms with Crippen molar-refractivity contribution in [2.75, 3.05) is 5.73 Å². The summed E-state index contributed by atoms with van der Waals surface area (Å²) in [5.41, 5.74) is 6.82. The molecule has 0 aliphatic carbocycles. The Morgan fingerprint density at radius 3 is 2.00 bits per heavy atom. The van der Waals surface area contributed by atoms with Gasteiger partial charge in [-0.2, -0.15) is 27.1 Å². The van der Waals surface area contributed by atoms with E-state index in [0.29, 0.717) is 16.8 Å². The third kappa shape index (κ3) is 5.33. The van der Waals surface area contributed by atoms with Crippen LogP contribution >= 0.6 is 0 Å². The summed E-state index contributed by atoms with van der Waals surface area (Å²) in [6.07, 6.45) is 0. The maximum absolute atomic E-state index is 11.3. The molecule has 0 aromatic heterocycles. The zero-order valence-electron chi connectivity index (χ0n) is 14.2. The molecule has 2 aromatic carbocycles. The van der Waals surface area contributed by atoms with Crippen LogP contribution in [0, 0.1) is 13.8 Å². The van der Waals surface area contributed by atoms with Gasteiger partial charge in [-0.3, -0.25) is 9.11 Å². The fourth-order valence-electron chi connectivity index (χ4n) is 2.03. The van der Waals surface area contributed by atoms with E-state index in [9.17, 15) is 21.4 Å². The molecule has 0 saturated heterocycles. The molecule has 9 nitrogen and oxygen atoms in total. The van der Waals surface area contributed by atoms with Gasteiger partial charge in [0.2, 0.25) is 0 Å². The molecule has 4 N–H and O–H groups in total. The van der Waals surface area contributed by atoms with Gasteiger partial charge < -0.3 is 5.73 Å². The number of anilines is 1. The second-order valence-corrected chi connectivity index (χ2v) is 8.08. The smallest absolute Gasteiger partial charge is 0.397 e. The molecule has 0 radical (unpaired) electrons.